The Hall–Kier alpha value is -0.318. The summed E-state index contributed by atoms with van der Waals surface area (Å²) < 4.78 is 1.56. The Morgan fingerprint density at radius 2 is 1.77 bits per heavy atom. The van der Waals surface area contributed by atoms with Crippen LogP contribution in [0.4, 0.5) is 4.70 Å². The average molecular weight is 195 g/mol. The van der Waals surface area contributed by atoms with E-state index in [0.29, 0.717) is 15.2 Å². The molecule has 2 heteroatoms. The molecule has 0 aliphatic carbocycles. The molecule has 0 aromatic heterocycles. The first kappa shape index (κ1) is 12.7. The highest BCUT2D eigenvalue weighted by molar-refractivity contribution is 6.53. The number of hydrogen-bond acceptors (Lipinski definition) is 0. The van der Waals surface area contributed by atoms with Crippen molar-refractivity contribution in [1.29, 1.82) is 0 Å². The summed E-state index contributed by atoms with van der Waals surface area (Å²) in [5, 5.41) is 1.42. The van der Waals surface area contributed by atoms with E-state index in [9.17, 15) is 0 Å². The van der Waals surface area contributed by atoms with Gasteiger partial charge in [0.05, 0.1) is 0 Å². The molecule has 0 bridgehead atoms. The summed E-state index contributed by atoms with van der Waals surface area (Å²) >= 11 is 0.535. The predicted molar refractivity (Wildman–Crippen MR) is 58.8 cm³/mol. The second-order valence-corrected chi connectivity index (χ2v) is 4.91. The van der Waals surface area contributed by atoms with Crippen molar-refractivity contribution >= 4 is 19.6 Å². The smallest absolute Gasteiger partial charge is 0.250 e. The quantitative estimate of drug-likeness (QED) is 0.512. The molecule has 0 N–H and O–H groups in total. The molecule has 1 radical (unpaired) electrons. The lowest BCUT2D eigenvalue weighted by Crippen LogP contribution is -2.12. The third-order valence-electron chi connectivity index (χ3n) is 2.02. The van der Waals surface area contributed by atoms with Crippen molar-refractivity contribution in [3.05, 3.63) is 29.8 Å². The van der Waals surface area contributed by atoms with Crippen molar-refractivity contribution in [2.75, 3.05) is 0 Å². The van der Waals surface area contributed by atoms with E-state index in [4.69, 9.17) is 0 Å². The number of halogens is 1. The minimum Gasteiger partial charge on any atom is -0.269 e. The lowest BCUT2D eigenvalue weighted by atomic mass is 10.2. The van der Waals surface area contributed by atoms with Gasteiger partial charge in [0.15, 0.2) is 0 Å². The lowest BCUT2D eigenvalue weighted by molar-refractivity contribution is 0.881. The van der Waals surface area contributed by atoms with Crippen LogP contribution in [0, 0.1) is 6.92 Å². The first-order chi connectivity index (χ1) is 5.83. The number of rotatable bonds is 4. The Labute approximate surface area is 86.4 Å². The van der Waals surface area contributed by atoms with Crippen LogP contribution in [0.15, 0.2) is 24.3 Å². The highest BCUT2D eigenvalue weighted by atomic mass is 27.1. The summed E-state index contributed by atoms with van der Waals surface area (Å²) in [6, 6.07) is 8.99. The molecule has 0 atom stereocenters. The molecule has 0 saturated carbocycles. The fraction of sp³-hybridized carbons (Fsp3) is 0.455. The van der Waals surface area contributed by atoms with Crippen LogP contribution in [0.2, 0.25) is 5.28 Å². The summed E-state index contributed by atoms with van der Waals surface area (Å²) in [5.41, 5.74) is 1.37. The Balaban J connectivity index is 0.00000144. The second kappa shape index (κ2) is 7.12. The molecule has 1 aromatic carbocycles. The molecule has 0 nitrogen and oxygen atoms in total. The van der Waals surface area contributed by atoms with E-state index in [0.717, 1.165) is 0 Å². The molecule has 0 heterocycles. The molecule has 0 unspecified atom stereocenters. The van der Waals surface area contributed by atoms with Crippen molar-refractivity contribution in [1.82, 2.24) is 0 Å². The first-order valence-electron chi connectivity index (χ1n) is 4.73. The zero-order valence-corrected chi connectivity index (χ0v) is 9.57. The highest BCUT2D eigenvalue weighted by Crippen LogP contribution is 1.96. The van der Waals surface area contributed by atoms with Gasteiger partial charge in [0.2, 0.25) is 15.2 Å². The van der Waals surface area contributed by atoms with Crippen molar-refractivity contribution < 1.29 is 4.70 Å². The summed E-state index contributed by atoms with van der Waals surface area (Å²) in [7, 11) is 0. The van der Waals surface area contributed by atoms with Gasteiger partial charge in [0.1, 0.15) is 0 Å². The lowest BCUT2D eigenvalue weighted by Gasteiger charge is -1.98. The van der Waals surface area contributed by atoms with E-state index in [2.05, 4.69) is 38.1 Å². The van der Waals surface area contributed by atoms with Gasteiger partial charge in [0.25, 0.3) is 0 Å². The molecule has 0 aliphatic rings. The summed E-state index contributed by atoms with van der Waals surface area (Å²) in [6.07, 6.45) is 2.72. The van der Waals surface area contributed by atoms with Crippen LogP contribution in [-0.4, -0.2) is 15.2 Å². The Morgan fingerprint density at radius 3 is 2.31 bits per heavy atom. The van der Waals surface area contributed by atoms with Crippen molar-refractivity contribution in [3.63, 3.8) is 0 Å². The molecule has 1 rings (SSSR count). The van der Waals surface area contributed by atoms with E-state index in [1.807, 2.05) is 0 Å². The van der Waals surface area contributed by atoms with Gasteiger partial charge < -0.3 is 0 Å². The van der Waals surface area contributed by atoms with Crippen LogP contribution in [-0.2, 0) is 0 Å². The van der Waals surface area contributed by atoms with Crippen molar-refractivity contribution in [2.45, 2.75) is 32.0 Å². The van der Waals surface area contributed by atoms with E-state index < -0.39 is 0 Å². The van der Waals surface area contributed by atoms with E-state index in [1.54, 1.807) is 4.43 Å². The SMILES string of the molecule is CCC[CH2][Al][c]1ccc(C)cc1.F. The third-order valence-corrected chi connectivity index (χ3v) is 3.57. The van der Waals surface area contributed by atoms with Crippen LogP contribution >= 0.6 is 0 Å². The zero-order valence-electron chi connectivity index (χ0n) is 8.42. The molecule has 71 valence electrons. The summed E-state index contributed by atoms with van der Waals surface area (Å²) in [5.74, 6) is 0. The van der Waals surface area contributed by atoms with Gasteiger partial charge in [-0.1, -0.05) is 54.9 Å². The van der Waals surface area contributed by atoms with Gasteiger partial charge in [-0.05, 0) is 6.92 Å². The molecule has 1 aromatic rings. The maximum absolute atomic E-state index is 2.28. The third kappa shape index (κ3) is 5.08. The number of benzene rings is 1. The van der Waals surface area contributed by atoms with Gasteiger partial charge in [-0.25, -0.2) is 0 Å². The summed E-state index contributed by atoms with van der Waals surface area (Å²) in [4.78, 5) is 0. The highest BCUT2D eigenvalue weighted by Gasteiger charge is 1.94. The number of aryl methyl sites for hydroxylation is 1. The molecule has 13 heavy (non-hydrogen) atoms. The van der Waals surface area contributed by atoms with Gasteiger partial charge in [-0.2, -0.15) is 0 Å². The molecule has 0 fully saturated rings. The van der Waals surface area contributed by atoms with Crippen LogP contribution in [0.5, 0.6) is 0 Å². The fourth-order valence-electron chi connectivity index (χ4n) is 1.18. The predicted octanol–water partition coefficient (Wildman–Crippen LogP) is 2.70. The second-order valence-electron chi connectivity index (χ2n) is 3.26. The maximum atomic E-state index is 2.28. The number of unbranched alkanes of at least 4 members (excludes halogenated alkanes) is 1. The topological polar surface area (TPSA) is 0 Å². The largest absolute Gasteiger partial charge is 0.269 e. The Bertz CT molecular complexity index is 218. The molecule has 0 saturated heterocycles. The first-order valence-corrected chi connectivity index (χ1v) is 6.12. The minimum atomic E-state index is 0. The van der Waals surface area contributed by atoms with Gasteiger partial charge in [-0.3, -0.25) is 4.70 Å². The number of hydrogen-bond donors (Lipinski definition) is 0. The van der Waals surface area contributed by atoms with Gasteiger partial charge in [-0.15, -0.1) is 4.43 Å². The molecular weight excluding hydrogens is 178 g/mol. The van der Waals surface area contributed by atoms with Crippen LogP contribution in [0.25, 0.3) is 0 Å². The van der Waals surface area contributed by atoms with E-state index in [1.165, 1.54) is 23.7 Å². The van der Waals surface area contributed by atoms with Crippen LogP contribution < -0.4 is 4.43 Å². The summed E-state index contributed by atoms with van der Waals surface area (Å²) in [6.45, 7) is 4.40. The standard InChI is InChI=1S/C7H7.C4H9.Al.FH/c1-7-5-3-2-4-6-7;1-3-4-2;;/h3-6H,1H3;1,3-4H2,2H3;;1H. The minimum absolute atomic E-state index is 0. The van der Waals surface area contributed by atoms with Crippen LogP contribution in [0.1, 0.15) is 25.3 Å². The van der Waals surface area contributed by atoms with E-state index in [-0.39, 0.29) is 4.70 Å². The van der Waals surface area contributed by atoms with Gasteiger partial charge >= 0.3 is 0 Å². The van der Waals surface area contributed by atoms with Crippen molar-refractivity contribution in [3.8, 4) is 0 Å². The Morgan fingerprint density at radius 1 is 1.15 bits per heavy atom. The van der Waals surface area contributed by atoms with Crippen LogP contribution in [0.3, 0.4) is 0 Å². The maximum Gasteiger partial charge on any atom is 0.250 e. The average Bonchev–Trinajstić information content (AvgIpc) is 2.09. The molecule has 0 aliphatic heterocycles. The molecular formula is C11H17AlF. The fourth-order valence-corrected chi connectivity index (χ4v) is 2.59. The Kier molecular flexibility index (Phi) is 6.95. The van der Waals surface area contributed by atoms with Crippen molar-refractivity contribution in [2.24, 2.45) is 0 Å². The molecule has 0 amide bonds. The normalized spacial score (nSPS) is 9.08. The monoisotopic (exact) mass is 195 g/mol. The zero-order chi connectivity index (χ0) is 8.81. The molecule has 0 spiro atoms. The van der Waals surface area contributed by atoms with Gasteiger partial charge in [0, 0.05) is 0 Å². The van der Waals surface area contributed by atoms with E-state index >= 15 is 0 Å².